The van der Waals surface area contributed by atoms with Crippen molar-refractivity contribution in [3.8, 4) is 5.75 Å². The summed E-state index contributed by atoms with van der Waals surface area (Å²) in [6.07, 6.45) is -4.36. The number of aromatic nitrogens is 3. The fourth-order valence-electron chi connectivity index (χ4n) is 1.39. The number of hydrogen-bond donors (Lipinski definition) is 2. The minimum atomic E-state index is -4.36. The molecule has 0 fully saturated rings. The topological polar surface area (TPSA) is 76.8 Å². The molecule has 0 saturated carbocycles. The van der Waals surface area contributed by atoms with Crippen LogP contribution in [0.5, 0.6) is 5.75 Å². The summed E-state index contributed by atoms with van der Waals surface area (Å²) in [6, 6.07) is 6.52. The van der Waals surface area contributed by atoms with Crippen LogP contribution in [0, 0.1) is 0 Å². The second-order valence-electron chi connectivity index (χ2n) is 3.80. The Balaban J connectivity index is 2.00. The van der Waals surface area contributed by atoms with Crippen LogP contribution in [-0.4, -0.2) is 28.0 Å². The van der Waals surface area contributed by atoms with Crippen molar-refractivity contribution >= 4 is 17.7 Å². The van der Waals surface area contributed by atoms with E-state index in [1.807, 2.05) is 0 Å². The van der Waals surface area contributed by atoms with E-state index in [-0.39, 0.29) is 11.7 Å². The molecular formula is C11H11F3N4OS. The average molecular weight is 304 g/mol. The van der Waals surface area contributed by atoms with E-state index in [0.29, 0.717) is 16.5 Å². The Morgan fingerprint density at radius 3 is 2.70 bits per heavy atom. The number of nitrogens with zero attached hydrogens (tertiary/aromatic N) is 2. The normalized spacial score (nSPS) is 11.6. The predicted octanol–water partition coefficient (Wildman–Crippen LogP) is 2.62. The molecule has 0 amide bonds. The number of anilines is 1. The van der Waals surface area contributed by atoms with Crippen molar-refractivity contribution in [1.29, 1.82) is 0 Å². The summed E-state index contributed by atoms with van der Waals surface area (Å²) in [5.74, 6) is 0.764. The van der Waals surface area contributed by atoms with E-state index in [1.165, 1.54) is 17.8 Å². The van der Waals surface area contributed by atoms with Crippen LogP contribution < -0.4 is 10.5 Å². The standard InChI is InChI=1S/C11H11F3N4OS/c12-11(13,14)6-19-8-4-2-1-3-7(8)5-20-10-16-9(15)17-18-10/h1-4H,5-6H2,(H3,15,16,17,18). The second kappa shape index (κ2) is 6.04. The van der Waals surface area contributed by atoms with Crippen molar-refractivity contribution < 1.29 is 17.9 Å². The van der Waals surface area contributed by atoms with Crippen LogP contribution in [0.1, 0.15) is 5.56 Å². The first-order valence-electron chi connectivity index (χ1n) is 5.52. The van der Waals surface area contributed by atoms with Gasteiger partial charge < -0.3 is 10.5 Å². The monoisotopic (exact) mass is 304 g/mol. The zero-order valence-corrected chi connectivity index (χ0v) is 11.0. The van der Waals surface area contributed by atoms with Crippen LogP contribution in [0.15, 0.2) is 29.4 Å². The minimum Gasteiger partial charge on any atom is -0.484 e. The average Bonchev–Trinajstić information content (AvgIpc) is 2.80. The highest BCUT2D eigenvalue weighted by Gasteiger charge is 2.28. The van der Waals surface area contributed by atoms with Crippen LogP contribution in [0.4, 0.5) is 19.1 Å². The molecule has 1 aromatic carbocycles. The van der Waals surface area contributed by atoms with E-state index in [9.17, 15) is 13.2 Å². The molecule has 3 N–H and O–H groups in total. The fourth-order valence-corrected chi connectivity index (χ4v) is 2.18. The number of nitrogen functional groups attached to an aromatic ring is 1. The Labute approximate surface area is 116 Å². The number of hydrogen-bond acceptors (Lipinski definition) is 5. The van der Waals surface area contributed by atoms with Gasteiger partial charge in [0.05, 0.1) is 0 Å². The van der Waals surface area contributed by atoms with E-state index in [0.717, 1.165) is 0 Å². The molecule has 0 aliphatic carbocycles. The Bertz CT molecular complexity index is 573. The van der Waals surface area contributed by atoms with Gasteiger partial charge in [-0.15, -0.1) is 5.10 Å². The Morgan fingerprint density at radius 2 is 2.05 bits per heavy atom. The number of rotatable bonds is 5. The van der Waals surface area contributed by atoms with E-state index in [2.05, 4.69) is 15.2 Å². The van der Waals surface area contributed by atoms with Gasteiger partial charge in [0.2, 0.25) is 11.1 Å². The lowest BCUT2D eigenvalue weighted by Crippen LogP contribution is -2.19. The molecule has 0 aliphatic rings. The highest BCUT2D eigenvalue weighted by Crippen LogP contribution is 2.27. The molecule has 0 saturated heterocycles. The fraction of sp³-hybridized carbons (Fsp3) is 0.273. The zero-order chi connectivity index (χ0) is 14.6. The molecule has 0 atom stereocenters. The number of ether oxygens (including phenoxy) is 1. The number of benzene rings is 1. The first-order valence-corrected chi connectivity index (χ1v) is 6.51. The molecule has 9 heteroatoms. The van der Waals surface area contributed by atoms with Gasteiger partial charge in [-0.2, -0.15) is 18.2 Å². The predicted molar refractivity (Wildman–Crippen MR) is 68.3 cm³/mol. The summed E-state index contributed by atoms with van der Waals surface area (Å²) in [6.45, 7) is -1.32. The molecule has 2 aromatic rings. The number of thioether (sulfide) groups is 1. The summed E-state index contributed by atoms with van der Waals surface area (Å²) in [5.41, 5.74) is 6.01. The van der Waals surface area contributed by atoms with Gasteiger partial charge in [0, 0.05) is 11.3 Å². The third-order valence-electron chi connectivity index (χ3n) is 2.20. The molecule has 108 valence electrons. The first-order chi connectivity index (χ1) is 9.44. The number of H-pyrrole nitrogens is 1. The summed E-state index contributed by atoms with van der Waals surface area (Å²) < 4.78 is 41.3. The summed E-state index contributed by atoms with van der Waals surface area (Å²) in [5, 5.41) is 6.73. The van der Waals surface area contributed by atoms with Crippen molar-refractivity contribution in [2.45, 2.75) is 17.1 Å². The summed E-state index contributed by atoms with van der Waals surface area (Å²) >= 11 is 1.25. The molecule has 0 bridgehead atoms. The molecular weight excluding hydrogens is 293 g/mol. The van der Waals surface area contributed by atoms with Gasteiger partial charge in [0.15, 0.2) is 6.61 Å². The minimum absolute atomic E-state index is 0.189. The maximum atomic E-state index is 12.2. The van der Waals surface area contributed by atoms with Crippen molar-refractivity contribution in [3.05, 3.63) is 29.8 Å². The Kier molecular flexibility index (Phi) is 4.38. The van der Waals surface area contributed by atoms with E-state index in [1.54, 1.807) is 18.2 Å². The Morgan fingerprint density at radius 1 is 1.30 bits per heavy atom. The van der Waals surface area contributed by atoms with Crippen molar-refractivity contribution in [2.24, 2.45) is 0 Å². The van der Waals surface area contributed by atoms with E-state index < -0.39 is 12.8 Å². The third kappa shape index (κ3) is 4.34. The van der Waals surface area contributed by atoms with Crippen LogP contribution >= 0.6 is 11.8 Å². The van der Waals surface area contributed by atoms with Gasteiger partial charge >= 0.3 is 6.18 Å². The summed E-state index contributed by atoms with van der Waals surface area (Å²) in [7, 11) is 0. The quantitative estimate of drug-likeness (QED) is 0.830. The second-order valence-corrected chi connectivity index (χ2v) is 4.75. The largest absolute Gasteiger partial charge is 0.484 e. The van der Waals surface area contributed by atoms with Crippen molar-refractivity contribution in [2.75, 3.05) is 12.3 Å². The number of para-hydroxylation sites is 1. The number of nitrogens with two attached hydrogens (primary N) is 1. The van der Waals surface area contributed by atoms with Gasteiger partial charge in [0.1, 0.15) is 5.75 Å². The molecule has 5 nitrogen and oxygen atoms in total. The lowest BCUT2D eigenvalue weighted by Gasteiger charge is -2.12. The first kappa shape index (κ1) is 14.5. The third-order valence-corrected chi connectivity index (χ3v) is 3.10. The van der Waals surface area contributed by atoms with Crippen molar-refractivity contribution in [1.82, 2.24) is 15.2 Å². The molecule has 0 spiro atoms. The maximum absolute atomic E-state index is 12.2. The number of aromatic amines is 1. The van der Waals surface area contributed by atoms with Crippen LogP contribution in [0.2, 0.25) is 0 Å². The molecule has 0 radical (unpaired) electrons. The summed E-state index contributed by atoms with van der Waals surface area (Å²) in [4.78, 5) is 3.89. The number of halogens is 3. The number of nitrogens with one attached hydrogen (secondary N) is 1. The maximum Gasteiger partial charge on any atom is 0.422 e. The van der Waals surface area contributed by atoms with Crippen LogP contribution in [-0.2, 0) is 5.75 Å². The lowest BCUT2D eigenvalue weighted by atomic mass is 10.2. The molecule has 1 heterocycles. The van der Waals surface area contributed by atoms with E-state index >= 15 is 0 Å². The highest BCUT2D eigenvalue weighted by atomic mass is 32.2. The van der Waals surface area contributed by atoms with Gasteiger partial charge in [0.25, 0.3) is 0 Å². The van der Waals surface area contributed by atoms with Crippen LogP contribution in [0.25, 0.3) is 0 Å². The Hall–Kier alpha value is -1.90. The van der Waals surface area contributed by atoms with E-state index in [4.69, 9.17) is 10.5 Å². The highest BCUT2D eigenvalue weighted by molar-refractivity contribution is 7.98. The van der Waals surface area contributed by atoms with Gasteiger partial charge in [-0.3, -0.25) is 0 Å². The smallest absolute Gasteiger partial charge is 0.422 e. The zero-order valence-electron chi connectivity index (χ0n) is 10.1. The SMILES string of the molecule is Nc1nc(SCc2ccccc2OCC(F)(F)F)n[nH]1. The van der Waals surface area contributed by atoms with Gasteiger partial charge in [-0.05, 0) is 6.07 Å². The molecule has 0 aliphatic heterocycles. The van der Waals surface area contributed by atoms with Crippen molar-refractivity contribution in [3.63, 3.8) is 0 Å². The van der Waals surface area contributed by atoms with Gasteiger partial charge in [-0.1, -0.05) is 30.0 Å². The van der Waals surface area contributed by atoms with Gasteiger partial charge in [-0.25, -0.2) is 5.10 Å². The molecule has 1 aromatic heterocycles. The van der Waals surface area contributed by atoms with Crippen LogP contribution in [0.3, 0.4) is 0 Å². The molecule has 0 unspecified atom stereocenters. The number of alkyl halides is 3. The molecule has 2 rings (SSSR count). The molecule has 20 heavy (non-hydrogen) atoms. The lowest BCUT2D eigenvalue weighted by molar-refractivity contribution is -0.153.